The van der Waals surface area contributed by atoms with E-state index in [0.29, 0.717) is 0 Å². The highest BCUT2D eigenvalue weighted by Gasteiger charge is 2.24. The summed E-state index contributed by atoms with van der Waals surface area (Å²) in [6.07, 6.45) is 0. The summed E-state index contributed by atoms with van der Waals surface area (Å²) < 4.78 is 1.18. The van der Waals surface area contributed by atoms with E-state index in [1.54, 1.807) is 11.3 Å². The first-order chi connectivity index (χ1) is 12.9. The lowest BCUT2D eigenvalue weighted by molar-refractivity contribution is 0.490. The maximum absolute atomic E-state index is 6.47. The summed E-state index contributed by atoms with van der Waals surface area (Å²) in [6.45, 7) is 8.60. The largest absolute Gasteiger partial charge is 0.398 e. The lowest BCUT2D eigenvalue weighted by atomic mass is 10.1. The van der Waals surface area contributed by atoms with Crippen LogP contribution in [0, 0.1) is 0 Å². The Balaban J connectivity index is 1.78. The van der Waals surface area contributed by atoms with Gasteiger partial charge in [0.15, 0.2) is 0 Å². The van der Waals surface area contributed by atoms with E-state index >= 15 is 0 Å². The van der Waals surface area contributed by atoms with Crippen molar-refractivity contribution in [1.29, 1.82) is 0 Å². The fraction of sp³-hybridized carbons (Fsp3) is 0.227. The smallest absolute Gasteiger partial charge is 0.126 e. The first-order valence-electron chi connectivity index (χ1n) is 9.02. The van der Waals surface area contributed by atoms with Crippen LogP contribution in [0.3, 0.4) is 0 Å². The van der Waals surface area contributed by atoms with Crippen molar-refractivity contribution in [1.82, 2.24) is 9.88 Å². The highest BCUT2D eigenvalue weighted by Crippen LogP contribution is 2.39. The van der Waals surface area contributed by atoms with Crippen LogP contribution in [0.2, 0.25) is 0 Å². The molecule has 1 aromatic heterocycles. The summed E-state index contributed by atoms with van der Waals surface area (Å²) >= 11 is 1.68. The van der Waals surface area contributed by atoms with E-state index < -0.39 is 0 Å². The molecular weight excluding hydrogens is 352 g/mol. The molecule has 2 aromatic carbocycles. The number of thiazole rings is 1. The topological polar surface area (TPSA) is 45.4 Å². The Hall–Kier alpha value is -2.79. The first-order valence-corrected chi connectivity index (χ1v) is 9.84. The SMILES string of the molecule is CC1=C(C)N(c2ccc(-c3nc4ccccc4s3)c(N)c2)C(C)=C(C)N1C. The molecule has 0 fully saturated rings. The van der Waals surface area contributed by atoms with Gasteiger partial charge in [-0.25, -0.2) is 4.98 Å². The summed E-state index contributed by atoms with van der Waals surface area (Å²) in [5.41, 5.74) is 15.2. The van der Waals surface area contributed by atoms with Gasteiger partial charge >= 0.3 is 0 Å². The van der Waals surface area contributed by atoms with Crippen LogP contribution >= 0.6 is 11.3 Å². The average Bonchev–Trinajstić information content (AvgIpc) is 3.09. The third-order valence-corrected chi connectivity index (χ3v) is 6.61. The fourth-order valence-corrected chi connectivity index (χ4v) is 4.58. The van der Waals surface area contributed by atoms with Crippen molar-refractivity contribution in [2.24, 2.45) is 0 Å². The number of allylic oxidation sites excluding steroid dienone is 4. The van der Waals surface area contributed by atoms with Gasteiger partial charge in [-0.15, -0.1) is 11.3 Å². The number of hydrogen-bond donors (Lipinski definition) is 1. The first kappa shape index (κ1) is 17.6. The predicted octanol–water partition coefficient (Wildman–Crippen LogP) is 5.80. The number of nitrogen functional groups attached to an aromatic ring is 1. The van der Waals surface area contributed by atoms with Gasteiger partial charge in [0, 0.05) is 46.8 Å². The van der Waals surface area contributed by atoms with Gasteiger partial charge in [0.1, 0.15) is 5.01 Å². The van der Waals surface area contributed by atoms with Gasteiger partial charge in [0.05, 0.1) is 10.2 Å². The third-order valence-electron chi connectivity index (χ3n) is 5.54. The molecule has 2 N–H and O–H groups in total. The Bertz CT molecular complexity index is 1050. The minimum Gasteiger partial charge on any atom is -0.398 e. The predicted molar refractivity (Wildman–Crippen MR) is 116 cm³/mol. The van der Waals surface area contributed by atoms with Crippen molar-refractivity contribution in [2.45, 2.75) is 27.7 Å². The van der Waals surface area contributed by atoms with Gasteiger partial charge in [0.2, 0.25) is 0 Å². The van der Waals surface area contributed by atoms with Gasteiger partial charge in [0.25, 0.3) is 0 Å². The molecule has 138 valence electrons. The summed E-state index contributed by atoms with van der Waals surface area (Å²) in [5.74, 6) is 0. The molecule has 0 aliphatic carbocycles. The molecule has 0 amide bonds. The molecule has 0 atom stereocenters. The molecule has 0 bridgehead atoms. The fourth-order valence-electron chi connectivity index (χ4n) is 3.57. The molecule has 4 nitrogen and oxygen atoms in total. The lowest BCUT2D eigenvalue weighted by Gasteiger charge is -2.38. The van der Waals surface area contributed by atoms with Crippen LogP contribution in [0.4, 0.5) is 11.4 Å². The second-order valence-electron chi connectivity index (χ2n) is 6.99. The van der Waals surface area contributed by atoms with Crippen molar-refractivity contribution < 1.29 is 0 Å². The van der Waals surface area contributed by atoms with E-state index in [1.165, 1.54) is 27.5 Å². The molecule has 0 spiro atoms. The van der Waals surface area contributed by atoms with Crippen LogP contribution in [0.1, 0.15) is 27.7 Å². The number of fused-ring (bicyclic) bond motifs is 1. The Morgan fingerprint density at radius 1 is 0.889 bits per heavy atom. The van der Waals surface area contributed by atoms with Gasteiger partial charge in [-0.1, -0.05) is 12.1 Å². The lowest BCUT2D eigenvalue weighted by Crippen LogP contribution is -2.32. The summed E-state index contributed by atoms with van der Waals surface area (Å²) in [4.78, 5) is 9.27. The maximum atomic E-state index is 6.47. The highest BCUT2D eigenvalue weighted by atomic mass is 32.1. The van der Waals surface area contributed by atoms with E-state index in [9.17, 15) is 0 Å². The van der Waals surface area contributed by atoms with Crippen LogP contribution < -0.4 is 10.6 Å². The van der Waals surface area contributed by atoms with Crippen LogP contribution in [0.15, 0.2) is 65.3 Å². The second-order valence-corrected chi connectivity index (χ2v) is 8.03. The monoisotopic (exact) mass is 376 g/mol. The number of anilines is 2. The van der Waals surface area contributed by atoms with Gasteiger partial charge in [-0.05, 0) is 58.0 Å². The van der Waals surface area contributed by atoms with Crippen LogP contribution in [-0.2, 0) is 0 Å². The normalized spacial score (nSPS) is 15.3. The summed E-state index contributed by atoms with van der Waals surface area (Å²) in [5, 5.41) is 0.963. The molecule has 3 aromatic rings. The Kier molecular flexibility index (Phi) is 4.19. The summed E-state index contributed by atoms with van der Waals surface area (Å²) in [6, 6.07) is 14.5. The molecule has 0 saturated heterocycles. The molecule has 0 radical (unpaired) electrons. The van der Waals surface area contributed by atoms with E-state index in [0.717, 1.165) is 27.5 Å². The minimum absolute atomic E-state index is 0.751. The number of benzene rings is 2. The van der Waals surface area contributed by atoms with E-state index in [4.69, 9.17) is 10.7 Å². The number of nitrogens with zero attached hydrogens (tertiary/aromatic N) is 3. The van der Waals surface area contributed by atoms with Crippen molar-refractivity contribution >= 4 is 32.9 Å². The van der Waals surface area contributed by atoms with Gasteiger partial charge in [-0.2, -0.15) is 0 Å². The van der Waals surface area contributed by atoms with Gasteiger partial charge in [-0.3, -0.25) is 0 Å². The van der Waals surface area contributed by atoms with E-state index in [1.807, 2.05) is 18.2 Å². The molecule has 27 heavy (non-hydrogen) atoms. The highest BCUT2D eigenvalue weighted by molar-refractivity contribution is 7.21. The standard InChI is InChI=1S/C22H24N4S/c1-13-15(3)26(16(4)14(2)25(13)5)17-10-11-18(19(23)12-17)22-24-20-8-6-7-9-21(20)27-22/h6-12H,23H2,1-5H3. The Labute approximate surface area is 164 Å². The average molecular weight is 377 g/mol. The van der Waals surface area contributed by atoms with E-state index in [-0.39, 0.29) is 0 Å². The zero-order valence-corrected chi connectivity index (χ0v) is 17.2. The van der Waals surface area contributed by atoms with E-state index in [2.05, 4.69) is 68.8 Å². The number of hydrogen-bond acceptors (Lipinski definition) is 5. The second kappa shape index (κ2) is 6.43. The third kappa shape index (κ3) is 2.79. The quantitative estimate of drug-likeness (QED) is 0.574. The van der Waals surface area contributed by atoms with Crippen molar-refractivity contribution in [2.75, 3.05) is 17.7 Å². The van der Waals surface area contributed by atoms with Crippen LogP contribution in [0.25, 0.3) is 20.8 Å². The zero-order valence-electron chi connectivity index (χ0n) is 16.4. The molecular formula is C22H24N4S. The number of rotatable bonds is 2. The zero-order chi connectivity index (χ0) is 19.3. The molecule has 5 heteroatoms. The molecule has 4 rings (SSSR count). The maximum Gasteiger partial charge on any atom is 0.126 e. The molecule has 2 heterocycles. The van der Waals surface area contributed by atoms with Crippen LogP contribution in [-0.4, -0.2) is 16.9 Å². The van der Waals surface area contributed by atoms with Gasteiger partial charge < -0.3 is 15.5 Å². The number of para-hydroxylation sites is 1. The molecule has 1 aliphatic heterocycles. The van der Waals surface area contributed by atoms with Crippen LogP contribution in [0.5, 0.6) is 0 Å². The number of nitrogens with two attached hydrogens (primary N) is 1. The Morgan fingerprint density at radius 3 is 2.19 bits per heavy atom. The molecule has 0 saturated carbocycles. The summed E-state index contributed by atoms with van der Waals surface area (Å²) in [7, 11) is 2.11. The molecule has 0 unspecified atom stereocenters. The van der Waals surface area contributed by atoms with Crippen molar-refractivity contribution in [3.63, 3.8) is 0 Å². The molecule has 1 aliphatic rings. The van der Waals surface area contributed by atoms with Crippen molar-refractivity contribution in [3.05, 3.63) is 65.3 Å². The Morgan fingerprint density at radius 2 is 1.56 bits per heavy atom. The van der Waals surface area contributed by atoms with Crippen molar-refractivity contribution in [3.8, 4) is 10.6 Å². The number of aromatic nitrogens is 1. The minimum atomic E-state index is 0.751.